The van der Waals surface area contributed by atoms with Crippen LogP contribution < -0.4 is 0 Å². The van der Waals surface area contributed by atoms with E-state index in [2.05, 4.69) is 25.7 Å². The standard InChI is InChI=1S/C24H50N/c1-4-7-9-11-13-15-17-19-21-23-25(6-3)24-22-20-18-16-14-12-10-8-5-2/h3-24H2,1-2H3. The minimum Gasteiger partial charge on any atom is -0.303 e. The van der Waals surface area contributed by atoms with Crippen LogP contribution in [0.25, 0.3) is 0 Å². The number of unbranched alkanes of at least 4 members (excludes halogenated alkanes) is 16. The van der Waals surface area contributed by atoms with Gasteiger partial charge < -0.3 is 4.90 Å². The number of hydrogen-bond donors (Lipinski definition) is 0. The van der Waals surface area contributed by atoms with Crippen molar-refractivity contribution in [2.45, 2.75) is 129 Å². The summed E-state index contributed by atoms with van der Waals surface area (Å²) in [6.07, 6.45) is 25.7. The van der Waals surface area contributed by atoms with Crippen LogP contribution in [0.4, 0.5) is 0 Å². The molecule has 0 unspecified atom stereocenters. The lowest BCUT2D eigenvalue weighted by Crippen LogP contribution is -2.25. The first-order chi connectivity index (χ1) is 12.3. The lowest BCUT2D eigenvalue weighted by atomic mass is 10.1. The second-order valence-corrected chi connectivity index (χ2v) is 8.00. The Balaban J connectivity index is 3.28. The third kappa shape index (κ3) is 20.1. The van der Waals surface area contributed by atoms with E-state index in [4.69, 9.17) is 0 Å². The first-order valence-corrected chi connectivity index (χ1v) is 11.9. The maximum Gasteiger partial charge on any atom is -0.00183 e. The molecule has 151 valence electrons. The van der Waals surface area contributed by atoms with Crippen LogP contribution in [0.15, 0.2) is 0 Å². The van der Waals surface area contributed by atoms with Crippen molar-refractivity contribution in [2.24, 2.45) is 0 Å². The summed E-state index contributed by atoms with van der Waals surface area (Å²) in [6, 6.07) is 0. The largest absolute Gasteiger partial charge is 0.303 e. The second-order valence-electron chi connectivity index (χ2n) is 8.00. The monoisotopic (exact) mass is 352 g/mol. The zero-order chi connectivity index (χ0) is 18.4. The van der Waals surface area contributed by atoms with Gasteiger partial charge in [-0.25, -0.2) is 0 Å². The molecule has 0 spiro atoms. The Morgan fingerprint density at radius 1 is 0.440 bits per heavy atom. The third-order valence-electron chi connectivity index (χ3n) is 5.47. The molecule has 0 atom stereocenters. The molecule has 0 aliphatic carbocycles. The van der Waals surface area contributed by atoms with E-state index in [1.165, 1.54) is 129 Å². The molecule has 0 saturated carbocycles. The highest BCUT2D eigenvalue weighted by Crippen LogP contribution is 2.12. The first kappa shape index (κ1) is 25.0. The predicted octanol–water partition coefficient (Wildman–Crippen LogP) is 8.18. The highest BCUT2D eigenvalue weighted by molar-refractivity contribution is 4.60. The minimum absolute atomic E-state index is 0.994. The van der Waals surface area contributed by atoms with Crippen molar-refractivity contribution in [1.82, 2.24) is 4.90 Å². The smallest absolute Gasteiger partial charge is 0.00183 e. The molecular formula is C24H50N. The summed E-state index contributed by atoms with van der Waals surface area (Å²) >= 11 is 0. The summed E-state index contributed by atoms with van der Waals surface area (Å²) in [6.45, 7) is 12.3. The van der Waals surface area contributed by atoms with Gasteiger partial charge in [-0.1, -0.05) is 117 Å². The first-order valence-electron chi connectivity index (χ1n) is 11.9. The van der Waals surface area contributed by atoms with Crippen LogP contribution in [-0.4, -0.2) is 24.5 Å². The fourth-order valence-electron chi connectivity index (χ4n) is 3.63. The van der Waals surface area contributed by atoms with Crippen molar-refractivity contribution in [1.29, 1.82) is 0 Å². The quantitative estimate of drug-likeness (QED) is 0.188. The van der Waals surface area contributed by atoms with Crippen LogP contribution in [0.3, 0.4) is 0 Å². The summed E-state index contributed by atoms with van der Waals surface area (Å²) in [5.74, 6) is 0. The van der Waals surface area contributed by atoms with Crippen molar-refractivity contribution >= 4 is 0 Å². The van der Waals surface area contributed by atoms with Gasteiger partial charge in [0.1, 0.15) is 0 Å². The summed E-state index contributed by atoms with van der Waals surface area (Å²) < 4.78 is 0. The molecule has 0 aromatic rings. The SMILES string of the molecule is [CH2]CN(CCCCCCCCCCC)CCCCCCCCCCC. The van der Waals surface area contributed by atoms with Crippen LogP contribution in [-0.2, 0) is 0 Å². The van der Waals surface area contributed by atoms with Gasteiger partial charge in [0.25, 0.3) is 0 Å². The van der Waals surface area contributed by atoms with E-state index in [1.54, 1.807) is 0 Å². The normalized spacial score (nSPS) is 11.5. The summed E-state index contributed by atoms with van der Waals surface area (Å²) in [7, 11) is 0. The molecule has 1 heteroatoms. The summed E-state index contributed by atoms with van der Waals surface area (Å²) in [4.78, 5) is 2.57. The Labute approximate surface area is 161 Å². The van der Waals surface area contributed by atoms with E-state index in [0.29, 0.717) is 0 Å². The zero-order valence-electron chi connectivity index (χ0n) is 18.0. The fraction of sp³-hybridized carbons (Fsp3) is 0.958. The number of nitrogens with zero attached hydrogens (tertiary/aromatic N) is 1. The van der Waals surface area contributed by atoms with Crippen LogP contribution in [0, 0.1) is 6.92 Å². The molecule has 1 nitrogen and oxygen atoms in total. The molecule has 0 saturated heterocycles. The van der Waals surface area contributed by atoms with E-state index < -0.39 is 0 Å². The van der Waals surface area contributed by atoms with Crippen LogP contribution in [0.5, 0.6) is 0 Å². The van der Waals surface area contributed by atoms with Gasteiger partial charge in [0.2, 0.25) is 0 Å². The lowest BCUT2D eigenvalue weighted by molar-refractivity contribution is 0.285. The Kier molecular flexibility index (Phi) is 22.0. The average Bonchev–Trinajstić information content (AvgIpc) is 2.63. The fourth-order valence-corrected chi connectivity index (χ4v) is 3.63. The molecule has 0 aliphatic heterocycles. The topological polar surface area (TPSA) is 3.24 Å². The van der Waals surface area contributed by atoms with Gasteiger partial charge in [-0.3, -0.25) is 0 Å². The van der Waals surface area contributed by atoms with Crippen LogP contribution >= 0.6 is 0 Å². The molecular weight excluding hydrogens is 302 g/mol. The maximum atomic E-state index is 4.13. The molecule has 1 radical (unpaired) electrons. The number of rotatable bonds is 21. The van der Waals surface area contributed by atoms with Crippen molar-refractivity contribution in [3.8, 4) is 0 Å². The van der Waals surface area contributed by atoms with Gasteiger partial charge in [0.15, 0.2) is 0 Å². The van der Waals surface area contributed by atoms with Crippen LogP contribution in [0.1, 0.15) is 129 Å². The molecule has 0 rings (SSSR count). The van der Waals surface area contributed by atoms with Gasteiger partial charge >= 0.3 is 0 Å². The van der Waals surface area contributed by atoms with Gasteiger partial charge in [-0.15, -0.1) is 0 Å². The van der Waals surface area contributed by atoms with E-state index >= 15 is 0 Å². The highest BCUT2D eigenvalue weighted by atomic mass is 15.1. The van der Waals surface area contributed by atoms with Gasteiger partial charge in [-0.05, 0) is 39.4 Å². The zero-order valence-corrected chi connectivity index (χ0v) is 18.0. The van der Waals surface area contributed by atoms with Crippen molar-refractivity contribution < 1.29 is 0 Å². The summed E-state index contributed by atoms with van der Waals surface area (Å²) in [5, 5.41) is 0. The predicted molar refractivity (Wildman–Crippen MR) is 116 cm³/mol. The molecule has 0 aromatic carbocycles. The molecule has 0 N–H and O–H groups in total. The molecule has 0 heterocycles. The Morgan fingerprint density at radius 3 is 1.00 bits per heavy atom. The van der Waals surface area contributed by atoms with Gasteiger partial charge in [0.05, 0.1) is 0 Å². The lowest BCUT2D eigenvalue weighted by Gasteiger charge is -2.20. The highest BCUT2D eigenvalue weighted by Gasteiger charge is 2.02. The van der Waals surface area contributed by atoms with Gasteiger partial charge in [-0.2, -0.15) is 0 Å². The van der Waals surface area contributed by atoms with E-state index in [-0.39, 0.29) is 0 Å². The molecule has 0 aromatic heterocycles. The van der Waals surface area contributed by atoms with Crippen molar-refractivity contribution in [3.63, 3.8) is 0 Å². The molecule has 0 bridgehead atoms. The Hall–Kier alpha value is -0.0400. The Bertz CT molecular complexity index is 204. The Morgan fingerprint density at radius 2 is 0.720 bits per heavy atom. The van der Waals surface area contributed by atoms with Gasteiger partial charge in [0, 0.05) is 0 Å². The molecule has 0 amide bonds. The minimum atomic E-state index is 0.994. The van der Waals surface area contributed by atoms with Crippen LogP contribution in [0.2, 0.25) is 0 Å². The van der Waals surface area contributed by atoms with E-state index in [1.807, 2.05) is 0 Å². The van der Waals surface area contributed by atoms with Crippen molar-refractivity contribution in [3.05, 3.63) is 6.92 Å². The van der Waals surface area contributed by atoms with E-state index in [9.17, 15) is 0 Å². The van der Waals surface area contributed by atoms with Crippen molar-refractivity contribution in [2.75, 3.05) is 19.6 Å². The molecule has 0 aliphatic rings. The maximum absolute atomic E-state index is 4.13. The average molecular weight is 353 g/mol. The number of hydrogen-bond acceptors (Lipinski definition) is 1. The second kappa shape index (κ2) is 22.0. The summed E-state index contributed by atoms with van der Waals surface area (Å²) in [5.41, 5.74) is 0. The third-order valence-corrected chi connectivity index (χ3v) is 5.47. The molecule has 25 heavy (non-hydrogen) atoms. The molecule has 0 fully saturated rings. The van der Waals surface area contributed by atoms with E-state index in [0.717, 1.165) is 6.54 Å².